The van der Waals surface area contributed by atoms with Crippen LogP contribution >= 0.6 is 0 Å². The molecule has 0 bridgehead atoms. The Morgan fingerprint density at radius 3 is 2.46 bits per heavy atom. The maximum absolute atomic E-state index is 11.9. The lowest BCUT2D eigenvalue weighted by atomic mass is 9.87. The zero-order valence-corrected chi connectivity index (χ0v) is 14.5. The van der Waals surface area contributed by atoms with Crippen LogP contribution in [-0.4, -0.2) is 22.4 Å². The Morgan fingerprint density at radius 2 is 1.96 bits per heavy atom. The van der Waals surface area contributed by atoms with Gasteiger partial charge in [0, 0.05) is 0 Å². The summed E-state index contributed by atoms with van der Waals surface area (Å²) < 4.78 is 6.38. The summed E-state index contributed by atoms with van der Waals surface area (Å²) in [6, 6.07) is 10.0. The second kappa shape index (κ2) is 6.75. The van der Waals surface area contributed by atoms with Crippen molar-refractivity contribution in [3.8, 4) is 6.07 Å². The van der Waals surface area contributed by atoms with Crippen LogP contribution in [0.1, 0.15) is 54.9 Å². The van der Waals surface area contributed by atoms with Crippen molar-refractivity contribution in [2.45, 2.75) is 39.7 Å². The molecule has 0 atom stereocenters. The summed E-state index contributed by atoms with van der Waals surface area (Å²) >= 11 is 0. The zero-order valence-electron chi connectivity index (χ0n) is 14.5. The number of aromatic nitrogens is 2. The average Bonchev–Trinajstić information content (AvgIpc) is 2.83. The van der Waals surface area contributed by atoms with Crippen LogP contribution in [0.25, 0.3) is 0 Å². The third-order valence-electron chi connectivity index (χ3n) is 3.72. The monoisotopic (exact) mass is 326 g/mol. The second-order valence-corrected chi connectivity index (χ2v) is 6.55. The highest BCUT2D eigenvalue weighted by molar-refractivity contribution is 5.91. The smallest absolute Gasteiger partial charge is 0.360 e. The van der Waals surface area contributed by atoms with Gasteiger partial charge in [0.2, 0.25) is 0 Å². The van der Waals surface area contributed by atoms with Gasteiger partial charge in [0.15, 0.2) is 5.69 Å². The van der Waals surface area contributed by atoms with E-state index in [1.54, 1.807) is 6.92 Å². The van der Waals surface area contributed by atoms with E-state index in [1.807, 2.05) is 18.2 Å². The van der Waals surface area contributed by atoms with Crippen LogP contribution in [0.3, 0.4) is 0 Å². The number of nitriles is 1. The number of benzene rings is 1. The van der Waals surface area contributed by atoms with E-state index in [1.165, 1.54) is 10.2 Å². The Morgan fingerprint density at radius 1 is 1.33 bits per heavy atom. The summed E-state index contributed by atoms with van der Waals surface area (Å²) in [6.07, 6.45) is 0. The van der Waals surface area contributed by atoms with Gasteiger partial charge in [0.1, 0.15) is 17.5 Å². The third-order valence-corrected chi connectivity index (χ3v) is 3.72. The van der Waals surface area contributed by atoms with E-state index >= 15 is 0 Å². The van der Waals surface area contributed by atoms with E-state index in [-0.39, 0.29) is 29.1 Å². The number of hydrogen-bond acceptors (Lipinski definition) is 5. The second-order valence-electron chi connectivity index (χ2n) is 6.55. The van der Waals surface area contributed by atoms with Gasteiger partial charge in [-0.1, -0.05) is 45.0 Å². The number of hydrogen-bond donors (Lipinski definition) is 1. The Hall–Kier alpha value is -2.81. The highest BCUT2D eigenvalue weighted by Crippen LogP contribution is 2.23. The molecule has 0 radical (unpaired) electrons. The summed E-state index contributed by atoms with van der Waals surface area (Å²) in [5.41, 5.74) is 8.27. The summed E-state index contributed by atoms with van der Waals surface area (Å²) in [7, 11) is 0. The molecule has 1 aromatic carbocycles. The van der Waals surface area contributed by atoms with Crippen LogP contribution in [0.5, 0.6) is 0 Å². The number of carbonyl (C=O) groups is 1. The highest BCUT2D eigenvalue weighted by atomic mass is 16.5. The van der Waals surface area contributed by atoms with Crippen molar-refractivity contribution < 1.29 is 9.53 Å². The molecular weight excluding hydrogens is 304 g/mol. The molecule has 0 saturated carbocycles. The molecule has 1 aromatic heterocycles. The lowest BCUT2D eigenvalue weighted by Crippen LogP contribution is -2.12. The van der Waals surface area contributed by atoms with Crippen molar-refractivity contribution in [1.29, 1.82) is 5.26 Å². The number of esters is 1. The predicted molar refractivity (Wildman–Crippen MR) is 91.6 cm³/mol. The van der Waals surface area contributed by atoms with Gasteiger partial charge >= 0.3 is 5.97 Å². The van der Waals surface area contributed by atoms with Crippen LogP contribution in [0, 0.1) is 11.3 Å². The molecule has 24 heavy (non-hydrogen) atoms. The first-order valence-electron chi connectivity index (χ1n) is 7.80. The fraction of sp³-hybridized carbons (Fsp3) is 0.389. The standard InChI is InChI=1S/C18H22N4O2/c1-5-24-17(23)15-14(10-19)16(20)22(21-15)11-12-6-8-13(9-7-12)18(2,3)4/h6-9H,5,11,20H2,1-4H3. The molecule has 0 aliphatic heterocycles. The molecule has 1 heterocycles. The molecule has 0 spiro atoms. The highest BCUT2D eigenvalue weighted by Gasteiger charge is 2.22. The van der Waals surface area contributed by atoms with E-state index in [0.29, 0.717) is 6.54 Å². The number of nitrogens with two attached hydrogens (primary N) is 1. The topological polar surface area (TPSA) is 93.9 Å². The normalized spacial score (nSPS) is 11.1. The van der Waals surface area contributed by atoms with Gasteiger partial charge in [-0.25, -0.2) is 9.48 Å². The Bertz CT molecular complexity index is 777. The minimum absolute atomic E-state index is 0.0387. The number of ether oxygens (including phenoxy) is 1. The van der Waals surface area contributed by atoms with E-state index in [4.69, 9.17) is 10.5 Å². The molecule has 0 saturated heterocycles. The van der Waals surface area contributed by atoms with Crippen LogP contribution in [-0.2, 0) is 16.7 Å². The summed E-state index contributed by atoms with van der Waals surface area (Å²) in [5, 5.41) is 13.4. The van der Waals surface area contributed by atoms with Gasteiger partial charge in [-0.05, 0) is 23.5 Å². The Balaban J connectivity index is 2.30. The van der Waals surface area contributed by atoms with Crippen molar-refractivity contribution in [3.05, 3.63) is 46.6 Å². The number of nitrogen functional groups attached to an aromatic ring is 1. The summed E-state index contributed by atoms with van der Waals surface area (Å²) in [4.78, 5) is 11.9. The van der Waals surface area contributed by atoms with Crippen molar-refractivity contribution in [2.24, 2.45) is 0 Å². The van der Waals surface area contributed by atoms with Crippen LogP contribution < -0.4 is 5.73 Å². The lowest BCUT2D eigenvalue weighted by Gasteiger charge is -2.19. The minimum atomic E-state index is -0.636. The predicted octanol–water partition coefficient (Wildman–Crippen LogP) is 2.86. The Labute approximate surface area is 141 Å². The summed E-state index contributed by atoms with van der Waals surface area (Å²) in [5.74, 6) is -0.469. The quantitative estimate of drug-likeness (QED) is 0.872. The van der Waals surface area contributed by atoms with Gasteiger partial charge in [0.25, 0.3) is 0 Å². The molecule has 2 rings (SSSR count). The van der Waals surface area contributed by atoms with Crippen LogP contribution in [0.15, 0.2) is 24.3 Å². The maximum Gasteiger partial charge on any atom is 0.360 e. The number of nitrogens with zero attached hydrogens (tertiary/aromatic N) is 3. The number of anilines is 1. The minimum Gasteiger partial charge on any atom is -0.461 e. The van der Waals surface area contributed by atoms with Crippen LogP contribution in [0.4, 0.5) is 5.82 Å². The molecule has 0 amide bonds. The first kappa shape index (κ1) is 17.5. The molecule has 6 heteroatoms. The van der Waals surface area contributed by atoms with Crippen molar-refractivity contribution in [1.82, 2.24) is 9.78 Å². The first-order chi connectivity index (χ1) is 11.3. The fourth-order valence-electron chi connectivity index (χ4n) is 2.33. The van der Waals surface area contributed by atoms with E-state index < -0.39 is 5.97 Å². The molecule has 0 unspecified atom stereocenters. The first-order valence-corrected chi connectivity index (χ1v) is 7.80. The zero-order chi connectivity index (χ0) is 17.9. The van der Waals surface area contributed by atoms with Gasteiger partial charge in [-0.3, -0.25) is 0 Å². The largest absolute Gasteiger partial charge is 0.461 e. The maximum atomic E-state index is 11.9. The lowest BCUT2D eigenvalue weighted by molar-refractivity contribution is 0.0518. The van der Waals surface area contributed by atoms with Crippen molar-refractivity contribution >= 4 is 11.8 Å². The molecule has 2 aromatic rings. The van der Waals surface area contributed by atoms with Crippen molar-refractivity contribution in [3.63, 3.8) is 0 Å². The number of carbonyl (C=O) groups excluding carboxylic acids is 1. The van der Waals surface area contributed by atoms with E-state index in [2.05, 4.69) is 38.0 Å². The van der Waals surface area contributed by atoms with Crippen molar-refractivity contribution in [2.75, 3.05) is 12.3 Å². The molecule has 0 aliphatic rings. The molecule has 6 nitrogen and oxygen atoms in total. The molecular formula is C18H22N4O2. The molecule has 2 N–H and O–H groups in total. The average molecular weight is 326 g/mol. The Kier molecular flexibility index (Phi) is 4.93. The van der Waals surface area contributed by atoms with Gasteiger partial charge < -0.3 is 10.5 Å². The number of rotatable bonds is 4. The fourth-order valence-corrected chi connectivity index (χ4v) is 2.33. The van der Waals surface area contributed by atoms with Gasteiger partial charge in [0.05, 0.1) is 13.2 Å². The summed E-state index contributed by atoms with van der Waals surface area (Å²) in [6.45, 7) is 8.74. The van der Waals surface area contributed by atoms with Gasteiger partial charge in [-0.15, -0.1) is 0 Å². The molecule has 0 aliphatic carbocycles. The van der Waals surface area contributed by atoms with E-state index in [9.17, 15) is 10.1 Å². The third kappa shape index (κ3) is 3.57. The molecule has 126 valence electrons. The SMILES string of the molecule is CCOC(=O)c1nn(Cc2ccc(C(C)(C)C)cc2)c(N)c1C#N. The van der Waals surface area contributed by atoms with E-state index in [0.717, 1.165) is 5.56 Å². The molecule has 0 fully saturated rings. The van der Waals surface area contributed by atoms with Crippen LogP contribution in [0.2, 0.25) is 0 Å². The van der Waals surface area contributed by atoms with Gasteiger partial charge in [-0.2, -0.15) is 10.4 Å².